The third-order valence-electron chi connectivity index (χ3n) is 15.2. The Morgan fingerprint density at radius 3 is 1.10 bits per heavy atom. The largest absolute Gasteiger partial charge is 0.466 e. The van der Waals surface area contributed by atoms with Crippen molar-refractivity contribution in [3.05, 3.63) is 36.5 Å². The molecule has 2 atom stereocenters. The fourth-order valence-electron chi connectivity index (χ4n) is 10.1. The molecule has 0 bridgehead atoms. The van der Waals surface area contributed by atoms with Gasteiger partial charge < -0.3 is 20.3 Å². The minimum Gasteiger partial charge on any atom is -0.466 e. The summed E-state index contributed by atoms with van der Waals surface area (Å²) in [5.41, 5.74) is 0. The van der Waals surface area contributed by atoms with Crippen molar-refractivity contribution >= 4 is 11.9 Å². The van der Waals surface area contributed by atoms with Crippen LogP contribution in [0.25, 0.3) is 0 Å². The van der Waals surface area contributed by atoms with Crippen molar-refractivity contribution in [3.8, 4) is 0 Å². The number of hydrogen-bond donors (Lipinski definition) is 3. The van der Waals surface area contributed by atoms with Crippen LogP contribution < -0.4 is 5.32 Å². The van der Waals surface area contributed by atoms with Gasteiger partial charge in [-0.3, -0.25) is 9.59 Å². The fourth-order valence-corrected chi connectivity index (χ4v) is 10.1. The molecule has 0 rings (SSSR count). The van der Waals surface area contributed by atoms with Gasteiger partial charge in [0.25, 0.3) is 0 Å². The van der Waals surface area contributed by atoms with E-state index < -0.39 is 12.1 Å². The molecule has 3 N–H and O–H groups in total. The van der Waals surface area contributed by atoms with Gasteiger partial charge in [-0.05, 0) is 77.0 Å². The first-order valence-corrected chi connectivity index (χ1v) is 32.7. The molecule has 6 heteroatoms. The maximum Gasteiger partial charge on any atom is 0.305 e. The van der Waals surface area contributed by atoms with Crippen LogP contribution in [-0.2, 0) is 14.3 Å². The third kappa shape index (κ3) is 59.2. The first-order valence-electron chi connectivity index (χ1n) is 32.7. The van der Waals surface area contributed by atoms with Crippen molar-refractivity contribution in [3.63, 3.8) is 0 Å². The molecule has 1 amide bonds. The molecule has 0 saturated carbocycles. The van der Waals surface area contributed by atoms with Gasteiger partial charge in [-0.15, -0.1) is 0 Å². The maximum absolute atomic E-state index is 12.5. The monoisotopic (exact) mass is 1030 g/mol. The number of hydrogen-bond acceptors (Lipinski definition) is 5. The van der Waals surface area contributed by atoms with Crippen molar-refractivity contribution in [2.45, 2.75) is 366 Å². The molecule has 73 heavy (non-hydrogen) atoms. The predicted octanol–water partition coefficient (Wildman–Crippen LogP) is 20.8. The molecule has 0 aromatic carbocycles. The highest BCUT2D eigenvalue weighted by molar-refractivity contribution is 5.76. The standard InChI is InChI=1S/C67H127NO5/c1-3-5-7-9-11-13-15-17-19-20-21-22-23-26-29-32-35-39-43-47-51-55-59-65(70)64(63-69)68-66(71)60-56-52-48-44-40-36-33-30-27-24-25-28-31-34-38-42-46-50-54-58-62-73-67(72)61-57-53-49-45-41-37-18-16-14-12-10-8-6-4-2/h10,12,16,18,24,27,64-65,69-70H,3-9,11,13-15,17,19-23,25-26,28-63H2,1-2H3,(H,68,71)/b12-10-,18-16-,27-24-. The van der Waals surface area contributed by atoms with Crippen LogP contribution in [0, 0.1) is 0 Å². The normalized spacial score (nSPS) is 12.8. The van der Waals surface area contributed by atoms with Crippen molar-refractivity contribution in [1.29, 1.82) is 0 Å². The van der Waals surface area contributed by atoms with Gasteiger partial charge in [0, 0.05) is 12.8 Å². The van der Waals surface area contributed by atoms with Crippen LogP contribution in [0.5, 0.6) is 0 Å². The Kier molecular flexibility index (Phi) is 61.0. The summed E-state index contributed by atoms with van der Waals surface area (Å²) in [5, 5.41) is 23.4. The Bertz CT molecular complexity index is 1180. The summed E-state index contributed by atoms with van der Waals surface area (Å²) < 4.78 is 5.47. The number of amides is 1. The number of esters is 1. The summed E-state index contributed by atoms with van der Waals surface area (Å²) in [6.45, 7) is 4.92. The van der Waals surface area contributed by atoms with Crippen LogP contribution in [0.2, 0.25) is 0 Å². The average Bonchev–Trinajstić information content (AvgIpc) is 3.39. The number of unbranched alkanes of at least 4 members (excludes halogenated alkanes) is 44. The summed E-state index contributed by atoms with van der Waals surface area (Å²) in [4.78, 5) is 24.6. The first kappa shape index (κ1) is 71.1. The molecular weight excluding hydrogens is 899 g/mol. The van der Waals surface area contributed by atoms with E-state index in [9.17, 15) is 19.8 Å². The van der Waals surface area contributed by atoms with Gasteiger partial charge in [0.05, 0.1) is 25.4 Å². The quantitative estimate of drug-likeness (QED) is 0.0320. The Balaban J connectivity index is 3.44. The van der Waals surface area contributed by atoms with Crippen LogP contribution in [0.15, 0.2) is 36.5 Å². The first-order chi connectivity index (χ1) is 36.0. The molecule has 0 aromatic heterocycles. The zero-order chi connectivity index (χ0) is 52.9. The molecule has 0 spiro atoms. The van der Waals surface area contributed by atoms with Crippen molar-refractivity contribution < 1.29 is 24.5 Å². The Morgan fingerprint density at radius 2 is 0.699 bits per heavy atom. The van der Waals surface area contributed by atoms with E-state index in [-0.39, 0.29) is 18.5 Å². The van der Waals surface area contributed by atoms with E-state index in [1.807, 2.05) is 0 Å². The minimum atomic E-state index is -0.672. The molecule has 0 aliphatic rings. The average molecular weight is 1030 g/mol. The van der Waals surface area contributed by atoms with Gasteiger partial charge in [0.1, 0.15) is 0 Å². The van der Waals surface area contributed by atoms with E-state index >= 15 is 0 Å². The van der Waals surface area contributed by atoms with Crippen LogP contribution in [0.1, 0.15) is 354 Å². The smallest absolute Gasteiger partial charge is 0.305 e. The fraction of sp³-hybridized carbons (Fsp3) is 0.881. The SMILES string of the molecule is CCCC/C=C\C/C=C\CCCCCCCC(=O)OCCCCCCCCCCC/C=C\CCCCCCCCCC(=O)NC(CO)C(O)CCCCCCCCCCCCCCCCCCCCCCCC. The molecule has 2 unspecified atom stereocenters. The number of allylic oxidation sites excluding steroid dienone is 6. The lowest BCUT2D eigenvalue weighted by molar-refractivity contribution is -0.143. The van der Waals surface area contributed by atoms with Gasteiger partial charge in [-0.1, -0.05) is 301 Å². The Labute approximate surface area is 455 Å². The van der Waals surface area contributed by atoms with Gasteiger partial charge in [0.2, 0.25) is 5.91 Å². The Hall–Kier alpha value is -1.92. The summed E-state index contributed by atoms with van der Waals surface area (Å²) in [6, 6.07) is -0.550. The number of ether oxygens (including phenoxy) is 1. The van der Waals surface area contributed by atoms with E-state index in [0.717, 1.165) is 51.4 Å². The number of aliphatic hydroxyl groups excluding tert-OH is 2. The molecule has 0 saturated heterocycles. The zero-order valence-corrected chi connectivity index (χ0v) is 49.1. The molecule has 430 valence electrons. The number of carbonyl (C=O) groups is 2. The van der Waals surface area contributed by atoms with Crippen LogP contribution in [0.4, 0.5) is 0 Å². The van der Waals surface area contributed by atoms with E-state index in [4.69, 9.17) is 4.74 Å². The van der Waals surface area contributed by atoms with Gasteiger partial charge >= 0.3 is 5.97 Å². The van der Waals surface area contributed by atoms with Crippen LogP contribution in [0.3, 0.4) is 0 Å². The molecule has 0 fully saturated rings. The number of nitrogens with one attached hydrogen (secondary N) is 1. The minimum absolute atomic E-state index is 0.00796. The lowest BCUT2D eigenvalue weighted by Gasteiger charge is -2.22. The lowest BCUT2D eigenvalue weighted by atomic mass is 10.0. The van der Waals surface area contributed by atoms with Crippen molar-refractivity contribution in [1.82, 2.24) is 5.32 Å². The predicted molar refractivity (Wildman–Crippen MR) is 319 cm³/mol. The second-order valence-electron chi connectivity index (χ2n) is 22.4. The summed E-state index contributed by atoms with van der Waals surface area (Å²) in [5.74, 6) is -0.0486. The van der Waals surface area contributed by atoms with E-state index in [1.54, 1.807) is 0 Å². The third-order valence-corrected chi connectivity index (χ3v) is 15.2. The maximum atomic E-state index is 12.5. The van der Waals surface area contributed by atoms with E-state index in [0.29, 0.717) is 25.9 Å². The van der Waals surface area contributed by atoms with Crippen molar-refractivity contribution in [2.75, 3.05) is 13.2 Å². The highest BCUT2D eigenvalue weighted by atomic mass is 16.5. The molecule has 6 nitrogen and oxygen atoms in total. The molecule has 0 radical (unpaired) electrons. The van der Waals surface area contributed by atoms with Crippen LogP contribution in [-0.4, -0.2) is 47.4 Å². The highest BCUT2D eigenvalue weighted by Gasteiger charge is 2.20. The van der Waals surface area contributed by atoms with Crippen molar-refractivity contribution in [2.24, 2.45) is 0 Å². The highest BCUT2D eigenvalue weighted by Crippen LogP contribution is 2.18. The molecule has 0 aliphatic carbocycles. The lowest BCUT2D eigenvalue weighted by Crippen LogP contribution is -2.45. The molecular formula is C67H127NO5. The van der Waals surface area contributed by atoms with Gasteiger partial charge in [0.15, 0.2) is 0 Å². The molecule has 0 heterocycles. The van der Waals surface area contributed by atoms with Gasteiger partial charge in [-0.2, -0.15) is 0 Å². The second-order valence-corrected chi connectivity index (χ2v) is 22.4. The number of rotatable bonds is 61. The van der Waals surface area contributed by atoms with Gasteiger partial charge in [-0.25, -0.2) is 0 Å². The summed E-state index contributed by atoms with van der Waals surface area (Å²) >= 11 is 0. The number of carbonyl (C=O) groups excluding carboxylic acids is 2. The van der Waals surface area contributed by atoms with E-state index in [2.05, 4.69) is 55.6 Å². The Morgan fingerprint density at radius 1 is 0.384 bits per heavy atom. The number of aliphatic hydroxyl groups is 2. The van der Waals surface area contributed by atoms with Crippen LogP contribution >= 0.6 is 0 Å². The topological polar surface area (TPSA) is 95.9 Å². The van der Waals surface area contributed by atoms with E-state index in [1.165, 1.54) is 270 Å². The summed E-state index contributed by atoms with van der Waals surface area (Å²) in [7, 11) is 0. The molecule has 0 aromatic rings. The summed E-state index contributed by atoms with van der Waals surface area (Å²) in [6.07, 6.45) is 78.7. The molecule has 0 aliphatic heterocycles. The second kappa shape index (κ2) is 62.6. The zero-order valence-electron chi connectivity index (χ0n) is 49.1.